The number of rotatable bonds is 39. The van der Waals surface area contributed by atoms with Gasteiger partial charge in [0.1, 0.15) is 12.7 Å². The SMILES string of the molecule is CC/C=C\CC(O)/C=C/C=C/C/C=C\C/C=C\C/C=C\CCC(=O)O[C@H](COC(=O)CCCCCCCCC/C=C\CCCCCC)COP(=O)(O)OC[C@@H](O)CO. The summed E-state index contributed by atoms with van der Waals surface area (Å²) in [5.74, 6) is -1.06. The van der Waals surface area contributed by atoms with Gasteiger partial charge in [0, 0.05) is 12.8 Å². The summed E-state index contributed by atoms with van der Waals surface area (Å²) in [7, 11) is -4.65. The highest BCUT2D eigenvalue weighted by Gasteiger charge is 2.27. The van der Waals surface area contributed by atoms with Crippen LogP contribution < -0.4 is 0 Å². The minimum absolute atomic E-state index is 0.0385. The van der Waals surface area contributed by atoms with Crippen LogP contribution >= 0.6 is 7.82 Å². The second-order valence-corrected chi connectivity index (χ2v) is 15.6. The quantitative estimate of drug-likeness (QED) is 0.0153. The van der Waals surface area contributed by atoms with Gasteiger partial charge in [0.05, 0.1) is 25.9 Å². The molecule has 4 atom stereocenters. The summed E-state index contributed by atoms with van der Waals surface area (Å²) in [6, 6.07) is 0. The molecule has 0 saturated carbocycles. The number of unbranched alkanes of at least 4 members (excludes halogenated alkanes) is 11. The molecule has 0 aliphatic carbocycles. The van der Waals surface area contributed by atoms with Crippen LogP contribution in [-0.4, -0.2) is 76.9 Å². The summed E-state index contributed by atoms with van der Waals surface area (Å²) in [6.45, 7) is 2.04. The van der Waals surface area contributed by atoms with E-state index in [1.807, 2.05) is 48.6 Å². The van der Waals surface area contributed by atoms with Gasteiger partial charge in [-0.3, -0.25) is 18.6 Å². The average molecular weight is 837 g/mol. The fraction of sp³-hybridized carbons (Fsp3) is 0.652. The van der Waals surface area contributed by atoms with Crippen molar-refractivity contribution in [3.05, 3.63) is 85.1 Å². The molecule has 0 aromatic rings. The standard InChI is InChI=1S/C46H77O11P/c1-3-5-7-8-9-10-11-12-13-16-19-22-25-28-32-36-45(50)54-40-44(41-56-58(52,53)55-39-43(49)38-47)57-46(51)37-33-29-26-23-20-17-14-15-18-21-24-27-31-35-42(48)34-30-6-4-2/h6,10-11,15,17-18,20,24,26-27,29-31,35,42-44,47-49H,3-5,7-9,12-14,16,19,21-23,25,28,32-34,36-41H2,1-2H3,(H,52,53)/b11-10-,18-15-,20-17-,27-24+,29-26-,30-6-,35-31+/t42?,43-,44+/m0/s1. The zero-order valence-electron chi connectivity index (χ0n) is 35.6. The van der Waals surface area contributed by atoms with E-state index < -0.39 is 57.9 Å². The van der Waals surface area contributed by atoms with E-state index in [1.165, 1.54) is 51.4 Å². The smallest absolute Gasteiger partial charge is 0.462 e. The first kappa shape index (κ1) is 55.1. The van der Waals surface area contributed by atoms with Crippen molar-refractivity contribution >= 4 is 19.8 Å². The molecule has 11 nitrogen and oxygen atoms in total. The summed E-state index contributed by atoms with van der Waals surface area (Å²) >= 11 is 0. The molecule has 0 heterocycles. The predicted molar refractivity (Wildman–Crippen MR) is 234 cm³/mol. The van der Waals surface area contributed by atoms with E-state index in [0.717, 1.165) is 44.9 Å². The highest BCUT2D eigenvalue weighted by atomic mass is 31.2. The average Bonchev–Trinajstić information content (AvgIpc) is 3.20. The second kappa shape index (κ2) is 40.9. The number of phosphoric acid groups is 1. The number of hydrogen-bond donors (Lipinski definition) is 4. The lowest BCUT2D eigenvalue weighted by Gasteiger charge is -2.20. The minimum atomic E-state index is -4.65. The van der Waals surface area contributed by atoms with Gasteiger partial charge >= 0.3 is 19.8 Å². The van der Waals surface area contributed by atoms with Crippen LogP contribution in [0.4, 0.5) is 0 Å². The van der Waals surface area contributed by atoms with Crippen molar-refractivity contribution in [2.45, 2.75) is 167 Å². The molecule has 0 spiro atoms. The van der Waals surface area contributed by atoms with Gasteiger partial charge in [0.25, 0.3) is 0 Å². The Labute approximate surface area is 350 Å². The Kier molecular flexibility index (Phi) is 38.8. The molecule has 0 bridgehead atoms. The molecule has 58 heavy (non-hydrogen) atoms. The Morgan fingerprint density at radius 1 is 0.603 bits per heavy atom. The van der Waals surface area contributed by atoms with Crippen molar-refractivity contribution in [2.24, 2.45) is 0 Å². The van der Waals surface area contributed by atoms with Crippen molar-refractivity contribution in [3.63, 3.8) is 0 Å². The van der Waals surface area contributed by atoms with Gasteiger partial charge in [0.15, 0.2) is 6.10 Å². The lowest BCUT2D eigenvalue weighted by molar-refractivity contribution is -0.161. The van der Waals surface area contributed by atoms with Crippen LogP contribution in [0.1, 0.15) is 149 Å². The maximum absolute atomic E-state index is 12.6. The molecule has 0 fully saturated rings. The second-order valence-electron chi connectivity index (χ2n) is 14.2. The first-order chi connectivity index (χ1) is 28.1. The molecule has 0 aromatic heterocycles. The molecule has 0 saturated heterocycles. The van der Waals surface area contributed by atoms with Crippen molar-refractivity contribution in [1.82, 2.24) is 0 Å². The van der Waals surface area contributed by atoms with Gasteiger partial charge in [-0.1, -0.05) is 150 Å². The Morgan fingerprint density at radius 3 is 1.81 bits per heavy atom. The van der Waals surface area contributed by atoms with Crippen molar-refractivity contribution in [1.29, 1.82) is 0 Å². The number of hydrogen-bond acceptors (Lipinski definition) is 10. The van der Waals surface area contributed by atoms with Crippen LogP contribution in [0.15, 0.2) is 85.1 Å². The van der Waals surface area contributed by atoms with E-state index in [1.54, 1.807) is 6.08 Å². The number of ether oxygens (including phenoxy) is 2. The van der Waals surface area contributed by atoms with Crippen LogP contribution in [0, 0.1) is 0 Å². The van der Waals surface area contributed by atoms with Gasteiger partial charge in [-0.05, 0) is 70.6 Å². The molecule has 0 amide bonds. The predicted octanol–water partition coefficient (Wildman–Crippen LogP) is 10.4. The summed E-state index contributed by atoms with van der Waals surface area (Å²) in [6.07, 6.45) is 44.6. The maximum Gasteiger partial charge on any atom is 0.472 e. The summed E-state index contributed by atoms with van der Waals surface area (Å²) in [5.41, 5.74) is 0. The number of aliphatic hydroxyl groups excluding tert-OH is 3. The first-order valence-electron chi connectivity index (χ1n) is 21.7. The third-order valence-corrected chi connectivity index (χ3v) is 9.58. The highest BCUT2D eigenvalue weighted by molar-refractivity contribution is 7.47. The molecule has 0 radical (unpaired) electrons. The molecule has 0 rings (SSSR count). The van der Waals surface area contributed by atoms with E-state index in [-0.39, 0.29) is 19.4 Å². The van der Waals surface area contributed by atoms with Crippen LogP contribution in [0.2, 0.25) is 0 Å². The fourth-order valence-corrected chi connectivity index (χ4v) is 6.06. The molecule has 4 N–H and O–H groups in total. The lowest BCUT2D eigenvalue weighted by atomic mass is 10.1. The van der Waals surface area contributed by atoms with Gasteiger partial charge in [-0.25, -0.2) is 4.57 Å². The number of carbonyl (C=O) groups excluding carboxylic acids is 2. The Hall–Kier alpha value is -2.89. The summed E-state index contributed by atoms with van der Waals surface area (Å²) < 4.78 is 32.6. The number of esters is 2. The van der Waals surface area contributed by atoms with E-state index in [9.17, 15) is 29.3 Å². The lowest BCUT2D eigenvalue weighted by Crippen LogP contribution is -2.29. The number of allylic oxidation sites excluding steroid dienone is 12. The highest BCUT2D eigenvalue weighted by Crippen LogP contribution is 2.43. The van der Waals surface area contributed by atoms with E-state index >= 15 is 0 Å². The Balaban J connectivity index is 4.49. The molecule has 2 unspecified atom stereocenters. The molecule has 12 heteroatoms. The molecular weight excluding hydrogens is 759 g/mol. The normalized spacial score (nSPS) is 15.2. The molecule has 0 aromatic carbocycles. The third kappa shape index (κ3) is 39.9. The summed E-state index contributed by atoms with van der Waals surface area (Å²) in [4.78, 5) is 34.9. The Bertz CT molecular complexity index is 1250. The fourth-order valence-electron chi connectivity index (χ4n) is 5.27. The molecule has 0 aliphatic rings. The topological polar surface area (TPSA) is 169 Å². The minimum Gasteiger partial charge on any atom is -0.462 e. The van der Waals surface area contributed by atoms with Crippen LogP contribution in [0.25, 0.3) is 0 Å². The van der Waals surface area contributed by atoms with E-state index in [4.69, 9.17) is 19.1 Å². The van der Waals surface area contributed by atoms with Gasteiger partial charge in [0.2, 0.25) is 0 Å². The monoisotopic (exact) mass is 837 g/mol. The molecular formula is C46H77O11P. The number of phosphoric ester groups is 1. The van der Waals surface area contributed by atoms with Crippen LogP contribution in [0.5, 0.6) is 0 Å². The number of carbonyl (C=O) groups is 2. The molecule has 332 valence electrons. The van der Waals surface area contributed by atoms with Gasteiger partial charge < -0.3 is 29.7 Å². The molecule has 0 aliphatic heterocycles. The van der Waals surface area contributed by atoms with E-state index in [2.05, 4.69) is 48.8 Å². The maximum atomic E-state index is 12.6. The van der Waals surface area contributed by atoms with Gasteiger partial charge in [-0.15, -0.1) is 0 Å². The zero-order chi connectivity index (χ0) is 42.8. The number of aliphatic hydroxyl groups is 3. The zero-order valence-corrected chi connectivity index (χ0v) is 36.5. The van der Waals surface area contributed by atoms with Crippen LogP contribution in [-0.2, 0) is 32.7 Å². The van der Waals surface area contributed by atoms with Crippen molar-refractivity contribution in [2.75, 3.05) is 26.4 Å². The van der Waals surface area contributed by atoms with Crippen LogP contribution in [0.3, 0.4) is 0 Å². The third-order valence-electron chi connectivity index (χ3n) is 8.63. The van der Waals surface area contributed by atoms with Crippen molar-refractivity contribution in [3.8, 4) is 0 Å². The first-order valence-corrected chi connectivity index (χ1v) is 23.1. The van der Waals surface area contributed by atoms with E-state index in [0.29, 0.717) is 25.7 Å². The Morgan fingerprint density at radius 2 is 1.17 bits per heavy atom. The summed E-state index contributed by atoms with van der Waals surface area (Å²) in [5, 5.41) is 28.2. The largest absolute Gasteiger partial charge is 0.472 e. The van der Waals surface area contributed by atoms with Crippen molar-refractivity contribution < 1.29 is 52.9 Å². The van der Waals surface area contributed by atoms with Gasteiger partial charge in [-0.2, -0.15) is 0 Å².